The normalized spacial score (nSPS) is 16.6. The van der Waals surface area contributed by atoms with Crippen LogP contribution in [0.5, 0.6) is 0 Å². The first-order valence-corrected chi connectivity index (χ1v) is 9.24. The van der Waals surface area contributed by atoms with Crippen molar-refractivity contribution in [1.82, 2.24) is 15.1 Å². The maximum atomic E-state index is 12.8. The Labute approximate surface area is 163 Å². The smallest absolute Gasteiger partial charge is 0.339 e. The molecule has 4 rings (SSSR count). The van der Waals surface area contributed by atoms with Gasteiger partial charge in [0.1, 0.15) is 0 Å². The Bertz CT molecular complexity index is 934. The van der Waals surface area contributed by atoms with Crippen molar-refractivity contribution in [2.24, 2.45) is 5.73 Å². The summed E-state index contributed by atoms with van der Waals surface area (Å²) in [6.45, 7) is 0. The Morgan fingerprint density at radius 2 is 1.89 bits per heavy atom. The molecule has 1 fully saturated rings. The summed E-state index contributed by atoms with van der Waals surface area (Å²) in [5.41, 5.74) is 5.49. The predicted molar refractivity (Wildman–Crippen MR) is 97.9 cm³/mol. The minimum absolute atomic E-state index is 0. The standard InChI is InChI=1S/C17H17F3N4OS.ClH/c18-17(19,20)10-3-4-12-11(9-10)22-14(26-12)6-5-13-23-15(24-25-13)16(21)7-1-2-8-16;/h3-4,9H,1-2,5-8,21H2;1H. The van der Waals surface area contributed by atoms with E-state index in [1.54, 1.807) is 0 Å². The maximum absolute atomic E-state index is 12.8. The van der Waals surface area contributed by atoms with Crippen LogP contribution in [-0.2, 0) is 24.6 Å². The molecule has 0 radical (unpaired) electrons. The number of alkyl halides is 3. The fourth-order valence-electron chi connectivity index (χ4n) is 3.26. The average Bonchev–Trinajstić information content (AvgIpc) is 3.30. The first kappa shape index (κ1) is 20.0. The van der Waals surface area contributed by atoms with Gasteiger partial charge in [0.15, 0.2) is 5.82 Å². The van der Waals surface area contributed by atoms with E-state index < -0.39 is 17.3 Å². The summed E-state index contributed by atoms with van der Waals surface area (Å²) in [5.74, 6) is 1.02. The van der Waals surface area contributed by atoms with E-state index in [2.05, 4.69) is 15.1 Å². The minimum Gasteiger partial charge on any atom is -0.339 e. The number of rotatable bonds is 4. The van der Waals surface area contributed by atoms with E-state index in [0.717, 1.165) is 47.5 Å². The second-order valence-electron chi connectivity index (χ2n) is 6.66. The molecule has 1 aliphatic carbocycles. The average molecular weight is 419 g/mol. The topological polar surface area (TPSA) is 77.8 Å². The zero-order valence-corrected chi connectivity index (χ0v) is 15.9. The van der Waals surface area contributed by atoms with Crippen molar-refractivity contribution in [3.05, 3.63) is 40.5 Å². The van der Waals surface area contributed by atoms with E-state index in [0.29, 0.717) is 30.1 Å². The van der Waals surface area contributed by atoms with Gasteiger partial charge in [-0.3, -0.25) is 0 Å². The molecule has 0 aliphatic heterocycles. The molecule has 3 aromatic rings. The highest BCUT2D eigenvalue weighted by atomic mass is 35.5. The number of thiazole rings is 1. The molecule has 5 nitrogen and oxygen atoms in total. The molecule has 146 valence electrons. The molecule has 0 atom stereocenters. The maximum Gasteiger partial charge on any atom is 0.416 e. The summed E-state index contributed by atoms with van der Waals surface area (Å²) in [7, 11) is 0. The first-order valence-electron chi connectivity index (χ1n) is 8.42. The largest absolute Gasteiger partial charge is 0.416 e. The number of nitrogens with two attached hydrogens (primary N) is 1. The van der Waals surface area contributed by atoms with Crippen LogP contribution in [0.4, 0.5) is 13.2 Å². The molecule has 0 saturated heterocycles. The van der Waals surface area contributed by atoms with E-state index >= 15 is 0 Å². The highest BCUT2D eigenvalue weighted by molar-refractivity contribution is 7.18. The van der Waals surface area contributed by atoms with Crippen molar-refractivity contribution in [2.45, 2.75) is 50.2 Å². The van der Waals surface area contributed by atoms with E-state index in [1.807, 2.05) is 0 Å². The van der Waals surface area contributed by atoms with Crippen LogP contribution in [0.1, 0.15) is 48.0 Å². The monoisotopic (exact) mass is 418 g/mol. The number of aryl methyl sites for hydroxylation is 2. The molecule has 2 heterocycles. The SMILES string of the molecule is Cl.NC1(c2noc(CCc3nc4cc(C(F)(F)F)ccc4s3)n2)CCCC1. The Hall–Kier alpha value is -1.71. The fourth-order valence-corrected chi connectivity index (χ4v) is 4.21. The van der Waals surface area contributed by atoms with Gasteiger partial charge in [0.25, 0.3) is 0 Å². The van der Waals surface area contributed by atoms with Crippen molar-refractivity contribution in [3.8, 4) is 0 Å². The minimum atomic E-state index is -4.36. The molecule has 1 aliphatic rings. The van der Waals surface area contributed by atoms with Crippen molar-refractivity contribution < 1.29 is 17.7 Å². The molecule has 0 bridgehead atoms. The van der Waals surface area contributed by atoms with Crippen LogP contribution in [0.15, 0.2) is 22.7 Å². The van der Waals surface area contributed by atoms with E-state index in [4.69, 9.17) is 10.3 Å². The number of hydrogen-bond acceptors (Lipinski definition) is 6. The Morgan fingerprint density at radius 1 is 1.15 bits per heavy atom. The van der Waals surface area contributed by atoms with Gasteiger partial charge in [-0.1, -0.05) is 18.0 Å². The molecule has 1 saturated carbocycles. The lowest BCUT2D eigenvalue weighted by atomic mass is 9.99. The Kier molecular flexibility index (Phi) is 5.47. The predicted octanol–water partition coefficient (Wildman–Crippen LogP) is 4.63. The summed E-state index contributed by atoms with van der Waals surface area (Å²) in [6.07, 6.45) is 0.472. The van der Waals surface area contributed by atoms with Gasteiger partial charge in [-0.2, -0.15) is 18.2 Å². The number of fused-ring (bicyclic) bond motifs is 1. The van der Waals surface area contributed by atoms with Crippen LogP contribution in [-0.4, -0.2) is 15.1 Å². The lowest BCUT2D eigenvalue weighted by Gasteiger charge is -2.17. The second kappa shape index (κ2) is 7.37. The lowest BCUT2D eigenvalue weighted by molar-refractivity contribution is -0.137. The summed E-state index contributed by atoms with van der Waals surface area (Å²) in [6, 6.07) is 3.62. The van der Waals surface area contributed by atoms with Gasteiger partial charge >= 0.3 is 6.18 Å². The summed E-state index contributed by atoms with van der Waals surface area (Å²) >= 11 is 1.37. The van der Waals surface area contributed by atoms with Gasteiger partial charge in [-0.15, -0.1) is 23.7 Å². The van der Waals surface area contributed by atoms with E-state index in [1.165, 1.54) is 17.4 Å². The molecular weight excluding hydrogens is 401 g/mol. The van der Waals surface area contributed by atoms with Crippen LogP contribution < -0.4 is 5.73 Å². The van der Waals surface area contributed by atoms with Gasteiger partial charge < -0.3 is 10.3 Å². The first-order chi connectivity index (χ1) is 12.3. The van der Waals surface area contributed by atoms with Crippen LogP contribution >= 0.6 is 23.7 Å². The number of halogens is 4. The summed E-state index contributed by atoms with van der Waals surface area (Å²) in [5, 5.41) is 4.75. The summed E-state index contributed by atoms with van der Waals surface area (Å²) < 4.78 is 44.4. The van der Waals surface area contributed by atoms with Crippen molar-refractivity contribution >= 4 is 34.0 Å². The zero-order chi connectivity index (χ0) is 18.4. The van der Waals surface area contributed by atoms with Crippen molar-refractivity contribution in [2.75, 3.05) is 0 Å². The molecule has 27 heavy (non-hydrogen) atoms. The molecule has 0 unspecified atom stereocenters. The molecule has 10 heteroatoms. The molecule has 1 aromatic carbocycles. The molecule has 0 amide bonds. The second-order valence-corrected chi connectivity index (χ2v) is 7.78. The Balaban J connectivity index is 0.00000210. The summed E-state index contributed by atoms with van der Waals surface area (Å²) in [4.78, 5) is 8.71. The molecule has 2 aromatic heterocycles. The highest BCUT2D eigenvalue weighted by Crippen LogP contribution is 2.35. The quantitative estimate of drug-likeness (QED) is 0.668. The van der Waals surface area contributed by atoms with Gasteiger partial charge in [-0.25, -0.2) is 4.98 Å². The highest BCUT2D eigenvalue weighted by Gasteiger charge is 2.36. The fraction of sp³-hybridized carbons (Fsp3) is 0.471. The van der Waals surface area contributed by atoms with Gasteiger partial charge in [-0.05, 0) is 31.0 Å². The van der Waals surface area contributed by atoms with Crippen LogP contribution in [0.3, 0.4) is 0 Å². The molecular formula is C17H18ClF3N4OS. The zero-order valence-electron chi connectivity index (χ0n) is 14.3. The third-order valence-corrected chi connectivity index (χ3v) is 5.82. The lowest BCUT2D eigenvalue weighted by Crippen LogP contribution is -2.34. The van der Waals surface area contributed by atoms with Gasteiger partial charge in [0, 0.05) is 12.8 Å². The number of nitrogens with zero attached hydrogens (tertiary/aromatic N) is 3. The van der Waals surface area contributed by atoms with Gasteiger partial charge in [0.05, 0.1) is 26.3 Å². The number of benzene rings is 1. The third-order valence-electron chi connectivity index (χ3n) is 4.72. The van der Waals surface area contributed by atoms with Crippen molar-refractivity contribution in [1.29, 1.82) is 0 Å². The Morgan fingerprint density at radius 3 is 2.59 bits per heavy atom. The molecule has 2 N–H and O–H groups in total. The number of aromatic nitrogens is 3. The van der Waals surface area contributed by atoms with Crippen LogP contribution in [0.25, 0.3) is 10.2 Å². The third kappa shape index (κ3) is 4.09. The van der Waals surface area contributed by atoms with E-state index in [-0.39, 0.29) is 12.4 Å². The molecule has 0 spiro atoms. The van der Waals surface area contributed by atoms with Crippen LogP contribution in [0.2, 0.25) is 0 Å². The number of hydrogen-bond donors (Lipinski definition) is 1. The van der Waals surface area contributed by atoms with Gasteiger partial charge in [0.2, 0.25) is 5.89 Å². The van der Waals surface area contributed by atoms with Crippen LogP contribution in [0, 0.1) is 0 Å². The van der Waals surface area contributed by atoms with E-state index in [9.17, 15) is 13.2 Å². The van der Waals surface area contributed by atoms with Crippen molar-refractivity contribution in [3.63, 3.8) is 0 Å².